The first-order valence-electron chi connectivity index (χ1n) is 11.1. The lowest BCUT2D eigenvalue weighted by Gasteiger charge is -2.33. The van der Waals surface area contributed by atoms with Gasteiger partial charge in [0.15, 0.2) is 5.57 Å². The zero-order valence-corrected chi connectivity index (χ0v) is 19.8. The second-order valence-corrected chi connectivity index (χ2v) is 9.63. The van der Waals surface area contributed by atoms with Crippen LogP contribution in [0.1, 0.15) is 47.5 Å². The summed E-state index contributed by atoms with van der Waals surface area (Å²) in [6, 6.07) is 7.20. The molecule has 9 heteroatoms. The Kier molecular flexibility index (Phi) is 7.19. The van der Waals surface area contributed by atoms with Crippen LogP contribution in [0.15, 0.2) is 36.0 Å². The van der Waals surface area contributed by atoms with E-state index in [4.69, 9.17) is 18.9 Å². The van der Waals surface area contributed by atoms with Gasteiger partial charge in [-0.05, 0) is 51.7 Å². The SMILES string of the molecule is CC(C)(C)OC(=O)N1CCC(COc2cccc(NC=C3C(=O)OC(C)(C)OC3=O)c2)CC1. The van der Waals surface area contributed by atoms with E-state index in [1.165, 1.54) is 20.0 Å². The minimum atomic E-state index is -1.28. The maximum absolute atomic E-state index is 12.2. The van der Waals surface area contributed by atoms with Crippen molar-refractivity contribution in [3.05, 3.63) is 36.0 Å². The third kappa shape index (κ3) is 7.13. The molecule has 0 aliphatic carbocycles. The fourth-order valence-corrected chi connectivity index (χ4v) is 3.43. The highest BCUT2D eigenvalue weighted by Gasteiger charge is 2.39. The van der Waals surface area contributed by atoms with E-state index in [0.717, 1.165) is 12.8 Å². The number of hydrogen-bond acceptors (Lipinski definition) is 8. The van der Waals surface area contributed by atoms with Crippen LogP contribution in [0.5, 0.6) is 5.75 Å². The number of cyclic esters (lactones) is 2. The minimum Gasteiger partial charge on any atom is -0.493 e. The number of nitrogens with zero attached hydrogens (tertiary/aromatic N) is 1. The van der Waals surface area contributed by atoms with Gasteiger partial charge < -0.3 is 29.2 Å². The molecule has 0 aromatic heterocycles. The standard InChI is InChI=1S/C24H32N2O7/c1-23(2,3)33-22(29)26-11-9-16(10-12-26)15-30-18-8-6-7-17(13-18)25-14-19-20(27)31-24(4,5)32-21(19)28/h6-8,13-14,16,25H,9-12,15H2,1-5H3. The van der Waals surface area contributed by atoms with E-state index in [9.17, 15) is 14.4 Å². The van der Waals surface area contributed by atoms with E-state index >= 15 is 0 Å². The average Bonchev–Trinajstić information content (AvgIpc) is 2.70. The molecule has 0 atom stereocenters. The third-order valence-corrected chi connectivity index (χ3v) is 5.09. The summed E-state index contributed by atoms with van der Waals surface area (Å²) in [7, 11) is 0. The Balaban J connectivity index is 1.49. The summed E-state index contributed by atoms with van der Waals surface area (Å²) in [6.07, 6.45) is 2.67. The van der Waals surface area contributed by atoms with Crippen LogP contribution < -0.4 is 10.1 Å². The largest absolute Gasteiger partial charge is 0.493 e. The number of amides is 1. The number of rotatable bonds is 5. The molecule has 1 N–H and O–H groups in total. The molecule has 1 aromatic carbocycles. The number of carbonyl (C=O) groups is 3. The van der Waals surface area contributed by atoms with Crippen LogP contribution in [0.4, 0.5) is 10.5 Å². The first-order valence-corrected chi connectivity index (χ1v) is 11.1. The summed E-state index contributed by atoms with van der Waals surface area (Å²) in [4.78, 5) is 38.0. The van der Waals surface area contributed by atoms with Crippen LogP contribution in [-0.4, -0.2) is 54.0 Å². The van der Waals surface area contributed by atoms with Gasteiger partial charge in [0.05, 0.1) is 6.61 Å². The predicted molar refractivity (Wildman–Crippen MR) is 120 cm³/mol. The molecule has 33 heavy (non-hydrogen) atoms. The Hall–Kier alpha value is -3.23. The fourth-order valence-electron chi connectivity index (χ4n) is 3.43. The Bertz CT molecular complexity index is 903. The molecule has 0 bridgehead atoms. The third-order valence-electron chi connectivity index (χ3n) is 5.09. The van der Waals surface area contributed by atoms with Gasteiger partial charge in [-0.15, -0.1) is 0 Å². The average molecular weight is 461 g/mol. The number of esters is 2. The molecule has 2 aliphatic rings. The maximum Gasteiger partial charge on any atom is 0.410 e. The summed E-state index contributed by atoms with van der Waals surface area (Å²) in [5, 5.41) is 2.92. The number of anilines is 1. The monoisotopic (exact) mass is 460 g/mol. The Morgan fingerprint density at radius 2 is 1.82 bits per heavy atom. The highest BCUT2D eigenvalue weighted by Crippen LogP contribution is 2.25. The highest BCUT2D eigenvalue weighted by molar-refractivity contribution is 6.15. The summed E-state index contributed by atoms with van der Waals surface area (Å²) in [5.41, 5.74) is -0.0668. The number of benzene rings is 1. The zero-order chi connectivity index (χ0) is 24.2. The summed E-state index contributed by atoms with van der Waals surface area (Å²) in [5.74, 6) is -1.77. The summed E-state index contributed by atoms with van der Waals surface area (Å²) >= 11 is 0. The van der Waals surface area contributed by atoms with Crippen molar-refractivity contribution in [2.45, 2.75) is 58.8 Å². The van der Waals surface area contributed by atoms with Crippen LogP contribution in [0.25, 0.3) is 0 Å². The van der Waals surface area contributed by atoms with E-state index in [1.807, 2.05) is 32.9 Å². The lowest BCUT2D eigenvalue weighted by atomic mass is 9.98. The van der Waals surface area contributed by atoms with Crippen molar-refractivity contribution >= 4 is 23.7 Å². The molecule has 2 aliphatic heterocycles. The van der Waals surface area contributed by atoms with Crippen molar-refractivity contribution in [2.24, 2.45) is 5.92 Å². The number of ether oxygens (including phenoxy) is 4. The molecular formula is C24H32N2O7. The van der Waals surface area contributed by atoms with Crippen molar-refractivity contribution in [2.75, 3.05) is 25.0 Å². The van der Waals surface area contributed by atoms with Crippen molar-refractivity contribution in [1.82, 2.24) is 4.90 Å². The van der Waals surface area contributed by atoms with Gasteiger partial charge in [0, 0.05) is 44.9 Å². The Morgan fingerprint density at radius 1 is 1.18 bits per heavy atom. The second kappa shape index (κ2) is 9.72. The first kappa shape index (κ1) is 24.4. The van der Waals surface area contributed by atoms with Crippen LogP contribution in [-0.2, 0) is 23.8 Å². The molecule has 2 saturated heterocycles. The van der Waals surface area contributed by atoms with Gasteiger partial charge in [-0.3, -0.25) is 0 Å². The number of carbonyl (C=O) groups excluding carboxylic acids is 3. The molecule has 1 aromatic rings. The molecule has 0 unspecified atom stereocenters. The fraction of sp³-hybridized carbons (Fsp3) is 0.542. The van der Waals surface area contributed by atoms with Crippen LogP contribution >= 0.6 is 0 Å². The van der Waals surface area contributed by atoms with Crippen molar-refractivity contribution in [3.63, 3.8) is 0 Å². The van der Waals surface area contributed by atoms with E-state index in [2.05, 4.69) is 5.32 Å². The van der Waals surface area contributed by atoms with Crippen molar-refractivity contribution in [1.29, 1.82) is 0 Å². The molecular weight excluding hydrogens is 428 g/mol. The van der Waals surface area contributed by atoms with Crippen molar-refractivity contribution < 1.29 is 33.3 Å². The summed E-state index contributed by atoms with van der Waals surface area (Å²) in [6.45, 7) is 10.4. The lowest BCUT2D eigenvalue weighted by Crippen LogP contribution is -2.42. The molecule has 180 valence electrons. The number of likely N-dealkylation sites (tertiary alicyclic amines) is 1. The van der Waals surface area contributed by atoms with Gasteiger partial charge in [0.2, 0.25) is 0 Å². The first-order chi connectivity index (χ1) is 15.4. The van der Waals surface area contributed by atoms with Gasteiger partial charge in [0.25, 0.3) is 5.79 Å². The van der Waals surface area contributed by atoms with Gasteiger partial charge in [-0.25, -0.2) is 14.4 Å². The van der Waals surface area contributed by atoms with Gasteiger partial charge in [-0.2, -0.15) is 0 Å². The molecule has 0 spiro atoms. The maximum atomic E-state index is 12.2. The van der Waals surface area contributed by atoms with E-state index in [1.54, 1.807) is 17.0 Å². The van der Waals surface area contributed by atoms with Crippen LogP contribution in [0.2, 0.25) is 0 Å². The normalized spacial score (nSPS) is 18.8. The zero-order valence-electron chi connectivity index (χ0n) is 19.8. The predicted octanol–water partition coefficient (Wildman–Crippen LogP) is 3.84. The molecule has 0 saturated carbocycles. The Morgan fingerprint density at radius 3 is 2.42 bits per heavy atom. The number of hydrogen-bond donors (Lipinski definition) is 1. The summed E-state index contributed by atoms with van der Waals surface area (Å²) < 4.78 is 21.5. The van der Waals surface area contributed by atoms with Gasteiger partial charge in [0.1, 0.15) is 11.4 Å². The number of piperidine rings is 1. The molecule has 2 fully saturated rings. The molecule has 9 nitrogen and oxygen atoms in total. The van der Waals surface area contributed by atoms with Crippen LogP contribution in [0, 0.1) is 5.92 Å². The highest BCUT2D eigenvalue weighted by atomic mass is 16.7. The van der Waals surface area contributed by atoms with Crippen molar-refractivity contribution in [3.8, 4) is 5.75 Å². The smallest absolute Gasteiger partial charge is 0.410 e. The van der Waals surface area contributed by atoms with Gasteiger partial charge >= 0.3 is 18.0 Å². The Labute approximate surface area is 194 Å². The van der Waals surface area contributed by atoms with E-state index < -0.39 is 23.3 Å². The van der Waals surface area contributed by atoms with E-state index in [0.29, 0.717) is 37.1 Å². The molecule has 0 radical (unpaired) electrons. The quantitative estimate of drug-likeness (QED) is 0.402. The molecule has 1 amide bonds. The number of nitrogens with one attached hydrogen (secondary N) is 1. The topological polar surface area (TPSA) is 103 Å². The molecule has 2 heterocycles. The van der Waals surface area contributed by atoms with E-state index in [-0.39, 0.29) is 11.7 Å². The lowest BCUT2D eigenvalue weighted by molar-refractivity contribution is -0.222. The second-order valence-electron chi connectivity index (χ2n) is 9.63. The van der Waals surface area contributed by atoms with Crippen LogP contribution in [0.3, 0.4) is 0 Å². The minimum absolute atomic E-state index is 0.211. The van der Waals surface area contributed by atoms with Gasteiger partial charge in [-0.1, -0.05) is 6.07 Å². The molecule has 3 rings (SSSR count).